The second-order valence-corrected chi connectivity index (χ2v) is 5.94. The zero-order chi connectivity index (χ0) is 15.5. The molecule has 0 atom stereocenters. The van der Waals surface area contributed by atoms with Gasteiger partial charge < -0.3 is 14.6 Å². The molecule has 0 saturated heterocycles. The van der Waals surface area contributed by atoms with Crippen LogP contribution in [0.1, 0.15) is 38.3 Å². The minimum absolute atomic E-state index is 0.384. The van der Waals surface area contributed by atoms with Gasteiger partial charge in [-0.3, -0.25) is 9.78 Å². The highest BCUT2D eigenvalue weighted by Crippen LogP contribution is 2.43. The highest BCUT2D eigenvalue weighted by Gasteiger charge is 2.42. The van der Waals surface area contributed by atoms with E-state index in [-0.39, 0.29) is 0 Å². The number of pyridine rings is 1. The summed E-state index contributed by atoms with van der Waals surface area (Å²) < 4.78 is 10.6. The van der Waals surface area contributed by atoms with E-state index in [0.29, 0.717) is 42.4 Å². The van der Waals surface area contributed by atoms with Gasteiger partial charge in [0.1, 0.15) is 0 Å². The Morgan fingerprint density at radius 2 is 2.05 bits per heavy atom. The summed E-state index contributed by atoms with van der Waals surface area (Å²) in [6.07, 6.45) is 5.28. The molecule has 1 N–H and O–H groups in total. The number of methoxy groups -OCH3 is 2. The Bertz CT molecular complexity index is 507. The fourth-order valence-electron chi connectivity index (χ4n) is 3.08. The van der Waals surface area contributed by atoms with E-state index in [2.05, 4.69) is 11.9 Å². The van der Waals surface area contributed by atoms with Crippen molar-refractivity contribution in [2.75, 3.05) is 14.2 Å². The third-order valence-electron chi connectivity index (χ3n) is 4.56. The lowest BCUT2D eigenvalue weighted by atomic mass is 9.68. The Kier molecular flexibility index (Phi) is 4.70. The molecule has 5 nitrogen and oxygen atoms in total. The van der Waals surface area contributed by atoms with Crippen LogP contribution in [0, 0.1) is 11.3 Å². The molecule has 5 heteroatoms. The average molecular weight is 293 g/mol. The number of nitrogens with zero attached hydrogens (tertiary/aromatic N) is 1. The minimum atomic E-state index is -0.737. The Morgan fingerprint density at radius 1 is 1.38 bits per heavy atom. The molecule has 0 bridgehead atoms. The predicted molar refractivity (Wildman–Crippen MR) is 78.7 cm³/mol. The maximum atomic E-state index is 11.8. The Labute approximate surface area is 125 Å². The Morgan fingerprint density at radius 3 is 2.57 bits per heavy atom. The van der Waals surface area contributed by atoms with E-state index in [1.807, 2.05) is 0 Å². The second kappa shape index (κ2) is 6.33. The average Bonchev–Trinajstić information content (AvgIpc) is 2.49. The van der Waals surface area contributed by atoms with E-state index in [1.165, 1.54) is 0 Å². The molecule has 0 unspecified atom stereocenters. The van der Waals surface area contributed by atoms with Crippen LogP contribution in [0.4, 0.5) is 0 Å². The van der Waals surface area contributed by atoms with Gasteiger partial charge in [0.2, 0.25) is 0 Å². The molecule has 1 heterocycles. The third-order valence-corrected chi connectivity index (χ3v) is 4.56. The van der Waals surface area contributed by atoms with Gasteiger partial charge in [0.15, 0.2) is 11.5 Å². The van der Waals surface area contributed by atoms with E-state index in [0.717, 1.165) is 12.8 Å². The lowest BCUT2D eigenvalue weighted by Crippen LogP contribution is -2.37. The lowest BCUT2D eigenvalue weighted by molar-refractivity contribution is -0.151. The third kappa shape index (κ3) is 3.12. The molecule has 1 aromatic rings. The van der Waals surface area contributed by atoms with E-state index in [9.17, 15) is 9.90 Å². The largest absolute Gasteiger partial charge is 0.493 e. The molecular weight excluding hydrogens is 270 g/mol. The number of carbonyl (C=O) groups is 1. The highest BCUT2D eigenvalue weighted by molar-refractivity contribution is 5.75. The van der Waals surface area contributed by atoms with Gasteiger partial charge >= 0.3 is 5.97 Å². The van der Waals surface area contributed by atoms with Gasteiger partial charge in [-0.25, -0.2) is 0 Å². The van der Waals surface area contributed by atoms with Crippen LogP contribution < -0.4 is 9.47 Å². The number of hydrogen-bond acceptors (Lipinski definition) is 4. The van der Waals surface area contributed by atoms with Gasteiger partial charge in [-0.15, -0.1) is 0 Å². The number of ether oxygens (including phenoxy) is 2. The first-order valence-corrected chi connectivity index (χ1v) is 7.31. The van der Waals surface area contributed by atoms with E-state index in [1.54, 1.807) is 26.5 Å². The molecule has 0 spiro atoms. The number of aliphatic carboxylic acids is 1. The number of aromatic nitrogens is 1. The molecule has 21 heavy (non-hydrogen) atoms. The SMILES string of the molecule is COc1ccnc(CC2(C(=O)O)CCC(C)CC2)c1OC. The van der Waals surface area contributed by atoms with Crippen LogP contribution >= 0.6 is 0 Å². The van der Waals surface area contributed by atoms with Gasteiger partial charge in [-0.2, -0.15) is 0 Å². The van der Waals surface area contributed by atoms with Crippen molar-refractivity contribution in [2.45, 2.75) is 39.0 Å². The van der Waals surface area contributed by atoms with Crippen LogP contribution in [0.5, 0.6) is 11.5 Å². The molecule has 0 aliphatic heterocycles. The van der Waals surface area contributed by atoms with Crippen molar-refractivity contribution < 1.29 is 19.4 Å². The van der Waals surface area contributed by atoms with Gasteiger partial charge in [-0.1, -0.05) is 6.92 Å². The van der Waals surface area contributed by atoms with Gasteiger partial charge in [-0.05, 0) is 31.6 Å². The maximum absolute atomic E-state index is 11.8. The fourth-order valence-corrected chi connectivity index (χ4v) is 3.08. The Hall–Kier alpha value is -1.78. The van der Waals surface area contributed by atoms with Crippen molar-refractivity contribution >= 4 is 5.97 Å². The summed E-state index contributed by atoms with van der Waals surface area (Å²) >= 11 is 0. The van der Waals surface area contributed by atoms with Crippen molar-refractivity contribution in [3.05, 3.63) is 18.0 Å². The number of carboxylic acids is 1. The van der Waals surface area contributed by atoms with E-state index in [4.69, 9.17) is 9.47 Å². The summed E-state index contributed by atoms with van der Waals surface area (Å²) in [5.41, 5.74) is -0.0760. The summed E-state index contributed by atoms with van der Waals surface area (Å²) in [4.78, 5) is 16.2. The van der Waals surface area contributed by atoms with Crippen molar-refractivity contribution in [3.63, 3.8) is 0 Å². The summed E-state index contributed by atoms with van der Waals surface area (Å²) in [5, 5.41) is 9.73. The van der Waals surface area contributed by atoms with Gasteiger partial charge in [0, 0.05) is 18.7 Å². The second-order valence-electron chi connectivity index (χ2n) is 5.94. The first-order valence-electron chi connectivity index (χ1n) is 7.31. The standard InChI is InChI=1S/C16H23NO4/c1-11-4-7-16(8-5-11,15(18)19)10-12-14(21-3)13(20-2)6-9-17-12/h6,9,11H,4-5,7-8,10H2,1-3H3,(H,18,19). The molecule has 1 aliphatic rings. The molecular formula is C16H23NO4. The first kappa shape index (κ1) is 15.6. The first-order chi connectivity index (χ1) is 10.0. The molecule has 116 valence electrons. The molecule has 0 amide bonds. The van der Waals surface area contributed by atoms with Crippen LogP contribution in [0.15, 0.2) is 12.3 Å². The monoisotopic (exact) mass is 293 g/mol. The summed E-state index contributed by atoms with van der Waals surface area (Å²) in [7, 11) is 3.12. The molecule has 1 aliphatic carbocycles. The fraction of sp³-hybridized carbons (Fsp3) is 0.625. The Balaban J connectivity index is 2.32. The normalized spacial score (nSPS) is 25.4. The van der Waals surface area contributed by atoms with E-state index < -0.39 is 11.4 Å². The van der Waals surface area contributed by atoms with Crippen molar-refractivity contribution in [3.8, 4) is 11.5 Å². The van der Waals surface area contributed by atoms with Gasteiger partial charge in [0.05, 0.1) is 25.3 Å². The zero-order valence-corrected chi connectivity index (χ0v) is 12.9. The van der Waals surface area contributed by atoms with Gasteiger partial charge in [0.25, 0.3) is 0 Å². The summed E-state index contributed by atoms with van der Waals surface area (Å²) in [5.74, 6) is 0.991. The van der Waals surface area contributed by atoms with Crippen molar-refractivity contribution in [2.24, 2.45) is 11.3 Å². The molecule has 0 radical (unpaired) electrons. The number of hydrogen-bond donors (Lipinski definition) is 1. The topological polar surface area (TPSA) is 68.7 Å². The van der Waals surface area contributed by atoms with Crippen LogP contribution in [0.25, 0.3) is 0 Å². The van der Waals surface area contributed by atoms with Crippen molar-refractivity contribution in [1.82, 2.24) is 4.98 Å². The number of carboxylic acid groups (broad SMARTS) is 1. The molecule has 1 fully saturated rings. The van der Waals surface area contributed by atoms with Crippen LogP contribution in [0.2, 0.25) is 0 Å². The number of rotatable bonds is 5. The maximum Gasteiger partial charge on any atom is 0.310 e. The predicted octanol–water partition coefficient (Wildman–Crippen LogP) is 2.92. The van der Waals surface area contributed by atoms with Crippen LogP contribution in [-0.2, 0) is 11.2 Å². The molecule has 2 rings (SSSR count). The summed E-state index contributed by atoms with van der Waals surface area (Å²) in [6, 6.07) is 1.72. The molecule has 1 aromatic heterocycles. The highest BCUT2D eigenvalue weighted by atomic mass is 16.5. The summed E-state index contributed by atoms with van der Waals surface area (Å²) in [6.45, 7) is 2.18. The van der Waals surface area contributed by atoms with E-state index >= 15 is 0 Å². The van der Waals surface area contributed by atoms with Crippen molar-refractivity contribution in [1.29, 1.82) is 0 Å². The zero-order valence-electron chi connectivity index (χ0n) is 12.9. The van der Waals surface area contributed by atoms with Crippen LogP contribution in [-0.4, -0.2) is 30.3 Å². The molecule has 0 aromatic carbocycles. The quantitative estimate of drug-likeness (QED) is 0.904. The smallest absolute Gasteiger partial charge is 0.310 e. The molecule has 1 saturated carbocycles. The lowest BCUT2D eigenvalue weighted by Gasteiger charge is -2.35. The van der Waals surface area contributed by atoms with Crippen LogP contribution in [0.3, 0.4) is 0 Å². The minimum Gasteiger partial charge on any atom is -0.493 e.